The first kappa shape index (κ1) is 15.9. The van der Waals surface area contributed by atoms with Gasteiger partial charge in [-0.1, -0.05) is 24.8 Å². The smallest absolute Gasteiger partial charge is 0.134 e. The first-order valence-corrected chi connectivity index (χ1v) is 7.85. The lowest BCUT2D eigenvalue weighted by atomic mass is 10.1. The topological polar surface area (TPSA) is 38.5 Å². The van der Waals surface area contributed by atoms with E-state index in [4.69, 9.17) is 10.5 Å². The van der Waals surface area contributed by atoms with Crippen molar-refractivity contribution >= 4 is 0 Å². The maximum atomic E-state index is 5.47. The van der Waals surface area contributed by atoms with Crippen LogP contribution >= 0.6 is 0 Å². The minimum absolute atomic E-state index is 0.372. The lowest BCUT2D eigenvalue weighted by Crippen LogP contribution is -2.26. The molecule has 0 aromatic heterocycles. The molecular weight excluding hydrogens is 260 g/mol. The maximum absolute atomic E-state index is 5.47. The molecule has 3 nitrogen and oxygen atoms in total. The van der Waals surface area contributed by atoms with Crippen molar-refractivity contribution in [3.63, 3.8) is 0 Å². The molecule has 0 saturated heterocycles. The summed E-state index contributed by atoms with van der Waals surface area (Å²) < 4.78 is 5.37. The molecule has 21 heavy (non-hydrogen) atoms. The van der Waals surface area contributed by atoms with Gasteiger partial charge in [-0.2, -0.15) is 0 Å². The molecule has 0 atom stereocenters. The van der Waals surface area contributed by atoms with Crippen molar-refractivity contribution in [2.75, 3.05) is 26.7 Å². The Hall–Kier alpha value is -1.50. The van der Waals surface area contributed by atoms with Crippen molar-refractivity contribution in [2.24, 2.45) is 11.7 Å². The predicted octanol–water partition coefficient (Wildman–Crippen LogP) is 2.63. The van der Waals surface area contributed by atoms with Crippen LogP contribution in [0.1, 0.15) is 37.3 Å². The van der Waals surface area contributed by atoms with E-state index in [-0.39, 0.29) is 0 Å². The number of methoxy groups -OCH3 is 1. The van der Waals surface area contributed by atoms with Gasteiger partial charge in [0.05, 0.1) is 19.2 Å². The molecular formula is C18H26N2O. The van der Waals surface area contributed by atoms with Gasteiger partial charge >= 0.3 is 0 Å². The number of nitrogens with zero attached hydrogens (tertiary/aromatic N) is 1. The van der Waals surface area contributed by atoms with E-state index in [1.54, 1.807) is 7.11 Å². The summed E-state index contributed by atoms with van der Waals surface area (Å²) in [5, 5.41) is 0. The maximum Gasteiger partial charge on any atom is 0.134 e. The molecule has 2 rings (SSSR count). The number of ether oxygens (including phenoxy) is 1. The third-order valence-electron chi connectivity index (χ3n) is 3.75. The van der Waals surface area contributed by atoms with Gasteiger partial charge in [0.2, 0.25) is 0 Å². The summed E-state index contributed by atoms with van der Waals surface area (Å²) in [5.41, 5.74) is 7.70. The van der Waals surface area contributed by atoms with Crippen LogP contribution in [-0.2, 0) is 6.54 Å². The molecule has 0 radical (unpaired) electrons. The number of hydrogen-bond acceptors (Lipinski definition) is 3. The summed E-state index contributed by atoms with van der Waals surface area (Å²) in [4.78, 5) is 2.56. The second-order valence-corrected chi connectivity index (χ2v) is 5.72. The van der Waals surface area contributed by atoms with Gasteiger partial charge in [-0.15, -0.1) is 0 Å². The Morgan fingerprint density at radius 2 is 2.19 bits per heavy atom. The highest BCUT2D eigenvalue weighted by Gasteiger charge is 2.24. The molecule has 0 aliphatic heterocycles. The van der Waals surface area contributed by atoms with E-state index >= 15 is 0 Å². The van der Waals surface area contributed by atoms with Crippen LogP contribution in [0.4, 0.5) is 0 Å². The van der Waals surface area contributed by atoms with Gasteiger partial charge in [0, 0.05) is 13.1 Å². The summed E-state index contributed by atoms with van der Waals surface area (Å²) in [6, 6.07) is 6.29. The van der Waals surface area contributed by atoms with E-state index in [2.05, 4.69) is 35.8 Å². The van der Waals surface area contributed by atoms with Crippen LogP contribution in [-0.4, -0.2) is 31.6 Å². The fraction of sp³-hybridized carbons (Fsp3) is 0.556. The lowest BCUT2D eigenvalue weighted by Gasteiger charge is -2.22. The monoisotopic (exact) mass is 286 g/mol. The number of hydrogen-bond donors (Lipinski definition) is 1. The molecule has 0 bridgehead atoms. The fourth-order valence-electron chi connectivity index (χ4n) is 2.57. The molecule has 1 aliphatic rings. The Labute approximate surface area is 128 Å². The number of benzene rings is 1. The van der Waals surface area contributed by atoms with Crippen LogP contribution in [0.3, 0.4) is 0 Å². The van der Waals surface area contributed by atoms with Crippen LogP contribution in [0.15, 0.2) is 18.2 Å². The average Bonchev–Trinajstić information content (AvgIpc) is 3.29. The normalized spacial score (nSPS) is 13.9. The Bertz CT molecular complexity index is 512. The van der Waals surface area contributed by atoms with Gasteiger partial charge < -0.3 is 10.5 Å². The van der Waals surface area contributed by atoms with Crippen LogP contribution < -0.4 is 10.5 Å². The molecule has 1 saturated carbocycles. The minimum Gasteiger partial charge on any atom is -0.495 e. The minimum atomic E-state index is 0.372. The van der Waals surface area contributed by atoms with Crippen molar-refractivity contribution in [1.82, 2.24) is 4.90 Å². The standard InChI is InChI=1S/C18H26N2O/c1-3-11-20(13-15-6-7-15)14-16-8-9-18(21-2)17(12-16)5-4-10-19/h8-9,12,15H,3,6-7,10-11,13-14,19H2,1-2H3. The Morgan fingerprint density at radius 3 is 2.81 bits per heavy atom. The molecule has 0 spiro atoms. The van der Waals surface area contributed by atoms with Crippen LogP contribution in [0.25, 0.3) is 0 Å². The third-order valence-corrected chi connectivity index (χ3v) is 3.75. The van der Waals surface area contributed by atoms with Crippen molar-refractivity contribution in [1.29, 1.82) is 0 Å². The first-order chi connectivity index (χ1) is 10.3. The summed E-state index contributed by atoms with van der Waals surface area (Å²) in [6.07, 6.45) is 3.99. The summed E-state index contributed by atoms with van der Waals surface area (Å²) >= 11 is 0. The molecule has 3 heteroatoms. The van der Waals surface area contributed by atoms with E-state index in [0.29, 0.717) is 6.54 Å². The van der Waals surface area contributed by atoms with Gasteiger partial charge in [-0.05, 0) is 49.4 Å². The second kappa shape index (κ2) is 8.07. The van der Waals surface area contributed by atoms with Gasteiger partial charge in [-0.3, -0.25) is 4.90 Å². The van der Waals surface area contributed by atoms with Crippen molar-refractivity contribution in [3.8, 4) is 17.6 Å². The van der Waals surface area contributed by atoms with E-state index in [9.17, 15) is 0 Å². The molecule has 0 heterocycles. The van der Waals surface area contributed by atoms with E-state index in [0.717, 1.165) is 30.3 Å². The highest BCUT2D eigenvalue weighted by molar-refractivity contribution is 5.48. The zero-order valence-electron chi connectivity index (χ0n) is 13.2. The Kier molecular flexibility index (Phi) is 6.10. The molecule has 0 amide bonds. The molecule has 2 N–H and O–H groups in total. The van der Waals surface area contributed by atoms with Gasteiger partial charge in [0.15, 0.2) is 0 Å². The summed E-state index contributed by atoms with van der Waals surface area (Å²) in [6.45, 7) is 5.99. The van der Waals surface area contributed by atoms with Crippen LogP contribution in [0.2, 0.25) is 0 Å². The quantitative estimate of drug-likeness (QED) is 0.783. The Balaban J connectivity index is 2.10. The molecule has 1 aromatic carbocycles. The molecule has 1 fully saturated rings. The molecule has 1 aromatic rings. The van der Waals surface area contributed by atoms with Crippen molar-refractivity contribution in [2.45, 2.75) is 32.7 Å². The van der Waals surface area contributed by atoms with Gasteiger partial charge in [0.25, 0.3) is 0 Å². The van der Waals surface area contributed by atoms with Crippen LogP contribution in [0, 0.1) is 17.8 Å². The largest absolute Gasteiger partial charge is 0.495 e. The van der Waals surface area contributed by atoms with E-state index in [1.807, 2.05) is 6.07 Å². The predicted molar refractivity (Wildman–Crippen MR) is 87.2 cm³/mol. The molecule has 0 unspecified atom stereocenters. The van der Waals surface area contributed by atoms with E-state index < -0.39 is 0 Å². The first-order valence-electron chi connectivity index (χ1n) is 7.85. The Morgan fingerprint density at radius 1 is 1.38 bits per heavy atom. The van der Waals surface area contributed by atoms with Crippen molar-refractivity contribution in [3.05, 3.63) is 29.3 Å². The summed E-state index contributed by atoms with van der Waals surface area (Å²) in [5.74, 6) is 7.76. The zero-order valence-corrected chi connectivity index (χ0v) is 13.2. The highest BCUT2D eigenvalue weighted by Crippen LogP contribution is 2.30. The lowest BCUT2D eigenvalue weighted by molar-refractivity contribution is 0.255. The average molecular weight is 286 g/mol. The number of nitrogens with two attached hydrogens (primary N) is 1. The molecule has 114 valence electrons. The van der Waals surface area contributed by atoms with Crippen molar-refractivity contribution < 1.29 is 4.74 Å². The second-order valence-electron chi connectivity index (χ2n) is 5.72. The highest BCUT2D eigenvalue weighted by atomic mass is 16.5. The fourth-order valence-corrected chi connectivity index (χ4v) is 2.57. The van der Waals surface area contributed by atoms with E-state index in [1.165, 1.54) is 31.4 Å². The molecule has 1 aliphatic carbocycles. The third kappa shape index (κ3) is 5.08. The summed E-state index contributed by atoms with van der Waals surface area (Å²) in [7, 11) is 1.68. The van der Waals surface area contributed by atoms with Crippen LogP contribution in [0.5, 0.6) is 5.75 Å². The number of rotatable bonds is 7. The van der Waals surface area contributed by atoms with Gasteiger partial charge in [0.1, 0.15) is 5.75 Å². The zero-order chi connectivity index (χ0) is 15.1. The van der Waals surface area contributed by atoms with Gasteiger partial charge in [-0.25, -0.2) is 0 Å². The SMILES string of the molecule is CCCN(Cc1ccc(OC)c(C#CCN)c1)CC1CC1.